The lowest BCUT2D eigenvalue weighted by Crippen LogP contribution is -2.24. The standard InChI is InChI=1S/C23H31F.C5H9FO.C4H7F.C2H6.CO2/c1-4-21(23(5-2)14-15-23)17(3)16-19-12-9-13-20(22(19)24)18-10-7-6-8-11-18;1-4(3-6)5(2)7;1-4(5)2-3-4;1-2;2-1-3/h7,9-13,17,21H,4-6,8,14-16H2,1-3H3;4H,3H2,1-2H3;2-3H2,1H3;1-2H3;/t17-,21+;4-;;;/m01.../s1. The van der Waals surface area contributed by atoms with Gasteiger partial charge in [-0.15, -0.1) is 0 Å². The predicted octanol–water partition coefficient (Wildman–Crippen LogP) is 10.1. The maximum absolute atomic E-state index is 15.1. The second kappa shape index (κ2) is 19.6. The molecule has 3 aliphatic rings. The Labute approximate surface area is 247 Å². The van der Waals surface area contributed by atoms with Crippen molar-refractivity contribution in [3.05, 3.63) is 53.4 Å². The van der Waals surface area contributed by atoms with E-state index in [0.717, 1.165) is 54.7 Å². The second-order valence-corrected chi connectivity index (χ2v) is 11.5. The van der Waals surface area contributed by atoms with E-state index in [1.165, 1.54) is 32.6 Å². The van der Waals surface area contributed by atoms with Crippen LogP contribution in [0.5, 0.6) is 0 Å². The van der Waals surface area contributed by atoms with E-state index in [9.17, 15) is 13.6 Å². The normalized spacial score (nSPS) is 18.8. The van der Waals surface area contributed by atoms with Gasteiger partial charge >= 0.3 is 6.15 Å². The van der Waals surface area contributed by atoms with Crippen molar-refractivity contribution in [1.82, 2.24) is 0 Å². The molecule has 0 aliphatic heterocycles. The molecule has 232 valence electrons. The molecular formula is C35H53F3O3. The fourth-order valence-electron chi connectivity index (χ4n) is 5.13. The summed E-state index contributed by atoms with van der Waals surface area (Å²) in [4.78, 5) is 26.4. The topological polar surface area (TPSA) is 51.2 Å². The quantitative estimate of drug-likeness (QED) is 0.293. The highest BCUT2D eigenvalue weighted by Gasteiger charge is 2.48. The largest absolute Gasteiger partial charge is 0.373 e. The second-order valence-electron chi connectivity index (χ2n) is 11.5. The SMILES string of the molecule is CC.CC(=O)[C@H](C)CF.CC1(F)CC1.CC[C@H]([C@@H](C)Cc1cccc(C2=CCCC=C2)c1F)C1(CC)CC1.O=C=O. The molecule has 0 heterocycles. The molecule has 3 atom stereocenters. The van der Waals surface area contributed by atoms with Crippen LogP contribution < -0.4 is 0 Å². The van der Waals surface area contributed by atoms with E-state index in [2.05, 4.69) is 39.0 Å². The molecular weight excluding hydrogens is 525 g/mol. The first-order valence-electron chi connectivity index (χ1n) is 15.3. The zero-order valence-electron chi connectivity index (χ0n) is 26.6. The third-order valence-electron chi connectivity index (χ3n) is 8.30. The van der Waals surface area contributed by atoms with Crippen molar-refractivity contribution in [2.75, 3.05) is 6.67 Å². The van der Waals surface area contributed by atoms with E-state index in [-0.39, 0.29) is 17.8 Å². The van der Waals surface area contributed by atoms with Crippen molar-refractivity contribution in [3.8, 4) is 0 Å². The van der Waals surface area contributed by atoms with Crippen molar-refractivity contribution >= 4 is 17.5 Å². The van der Waals surface area contributed by atoms with Gasteiger partial charge in [-0.25, -0.2) is 8.78 Å². The van der Waals surface area contributed by atoms with Gasteiger partial charge in [-0.3, -0.25) is 9.18 Å². The Morgan fingerprint density at radius 2 is 1.61 bits per heavy atom. The van der Waals surface area contributed by atoms with Crippen LogP contribution in [0.4, 0.5) is 13.2 Å². The molecule has 0 N–H and O–H groups in total. The summed E-state index contributed by atoms with van der Waals surface area (Å²) in [6.45, 7) is 15.0. The minimum Gasteiger partial charge on any atom is -0.300 e. The summed E-state index contributed by atoms with van der Waals surface area (Å²) in [6, 6.07) is 5.94. The average Bonchev–Trinajstić information content (AvgIpc) is 3.90. The van der Waals surface area contributed by atoms with Gasteiger partial charge in [0, 0.05) is 11.5 Å². The number of carbonyl (C=O) groups is 1. The van der Waals surface area contributed by atoms with Crippen molar-refractivity contribution in [1.29, 1.82) is 0 Å². The summed E-state index contributed by atoms with van der Waals surface area (Å²) in [6.07, 6.45) is 16.4. The van der Waals surface area contributed by atoms with Gasteiger partial charge in [-0.05, 0) is 87.2 Å². The van der Waals surface area contributed by atoms with Gasteiger partial charge < -0.3 is 0 Å². The predicted molar refractivity (Wildman–Crippen MR) is 162 cm³/mol. The maximum atomic E-state index is 15.1. The number of hydrogen-bond acceptors (Lipinski definition) is 3. The molecule has 0 amide bonds. The molecule has 4 rings (SSSR count). The molecule has 0 aromatic heterocycles. The van der Waals surface area contributed by atoms with Crippen LogP contribution >= 0.6 is 0 Å². The first kappa shape index (κ1) is 38.5. The van der Waals surface area contributed by atoms with Gasteiger partial charge in [-0.2, -0.15) is 9.59 Å². The van der Waals surface area contributed by atoms with Crippen LogP contribution in [0.1, 0.15) is 118 Å². The number of Topliss-reactive ketones (excluding diaryl/α,β-unsaturated/α-hetero) is 1. The zero-order chi connectivity index (χ0) is 31.6. The highest BCUT2D eigenvalue weighted by Crippen LogP contribution is 2.58. The minimum atomic E-state index is -0.750. The number of halogens is 3. The van der Waals surface area contributed by atoms with E-state index in [1.807, 2.05) is 32.0 Å². The van der Waals surface area contributed by atoms with Crippen molar-refractivity contribution in [3.63, 3.8) is 0 Å². The van der Waals surface area contributed by atoms with Crippen LogP contribution in [0.2, 0.25) is 0 Å². The molecule has 41 heavy (non-hydrogen) atoms. The van der Waals surface area contributed by atoms with E-state index in [4.69, 9.17) is 9.59 Å². The smallest absolute Gasteiger partial charge is 0.300 e. The molecule has 2 fully saturated rings. The number of benzene rings is 1. The summed E-state index contributed by atoms with van der Waals surface area (Å²) >= 11 is 0. The monoisotopic (exact) mass is 578 g/mol. The van der Waals surface area contributed by atoms with E-state index in [0.29, 0.717) is 11.3 Å². The Morgan fingerprint density at radius 3 is 1.95 bits per heavy atom. The van der Waals surface area contributed by atoms with Gasteiger partial charge in [0.15, 0.2) is 0 Å². The fraction of sp³-hybridized carbons (Fsp3) is 0.657. The van der Waals surface area contributed by atoms with Crippen molar-refractivity contribution in [2.24, 2.45) is 23.2 Å². The number of allylic oxidation sites excluding steroid dienone is 4. The van der Waals surface area contributed by atoms with Gasteiger partial charge in [0.05, 0.1) is 6.67 Å². The van der Waals surface area contributed by atoms with Crippen LogP contribution in [-0.4, -0.2) is 24.3 Å². The lowest BCUT2D eigenvalue weighted by molar-refractivity contribution is -0.191. The zero-order valence-corrected chi connectivity index (χ0v) is 26.6. The highest BCUT2D eigenvalue weighted by molar-refractivity contribution is 5.78. The van der Waals surface area contributed by atoms with E-state index < -0.39 is 18.3 Å². The third kappa shape index (κ3) is 13.8. The number of rotatable bonds is 9. The van der Waals surface area contributed by atoms with E-state index in [1.54, 1.807) is 13.8 Å². The average molecular weight is 579 g/mol. The van der Waals surface area contributed by atoms with Crippen LogP contribution in [0, 0.1) is 29.0 Å². The van der Waals surface area contributed by atoms with Crippen LogP contribution in [0.25, 0.3) is 5.57 Å². The summed E-state index contributed by atoms with van der Waals surface area (Å²) in [5.74, 6) is 0.776. The summed E-state index contributed by atoms with van der Waals surface area (Å²) in [5.41, 5.74) is 2.52. The van der Waals surface area contributed by atoms with Crippen LogP contribution in [0.15, 0.2) is 36.4 Å². The summed E-state index contributed by atoms with van der Waals surface area (Å²) in [7, 11) is 0. The van der Waals surface area contributed by atoms with Gasteiger partial charge in [0.25, 0.3) is 0 Å². The molecule has 1 aromatic rings. The molecule has 3 aliphatic carbocycles. The molecule has 3 nitrogen and oxygen atoms in total. The molecule has 1 aromatic carbocycles. The van der Waals surface area contributed by atoms with Crippen molar-refractivity contribution in [2.45, 2.75) is 119 Å². The molecule has 0 radical (unpaired) electrons. The summed E-state index contributed by atoms with van der Waals surface area (Å²) < 4.78 is 38.3. The van der Waals surface area contributed by atoms with Gasteiger partial charge in [-0.1, -0.05) is 90.8 Å². The molecule has 0 unspecified atom stereocenters. The van der Waals surface area contributed by atoms with Crippen molar-refractivity contribution < 1.29 is 27.6 Å². The fourth-order valence-corrected chi connectivity index (χ4v) is 5.13. The molecule has 0 saturated heterocycles. The molecule has 2 saturated carbocycles. The Bertz CT molecular complexity index is 996. The lowest BCUT2D eigenvalue weighted by Gasteiger charge is -2.31. The van der Waals surface area contributed by atoms with Crippen LogP contribution in [-0.2, 0) is 20.8 Å². The minimum absolute atomic E-state index is 0.00153. The number of hydrogen-bond donors (Lipinski definition) is 0. The Hall–Kier alpha value is -2.46. The number of carbonyl (C=O) groups excluding carboxylic acids is 3. The molecule has 0 spiro atoms. The number of ketones is 1. The molecule has 0 bridgehead atoms. The maximum Gasteiger partial charge on any atom is 0.373 e. The summed E-state index contributed by atoms with van der Waals surface area (Å²) in [5, 5.41) is 0. The highest BCUT2D eigenvalue weighted by atomic mass is 19.1. The number of alkyl halides is 2. The lowest BCUT2D eigenvalue weighted by atomic mass is 9.74. The first-order valence-corrected chi connectivity index (χ1v) is 15.3. The molecule has 6 heteroatoms. The Balaban J connectivity index is 0.000000769. The van der Waals surface area contributed by atoms with Crippen LogP contribution in [0.3, 0.4) is 0 Å². The first-order chi connectivity index (χ1) is 19.4. The Morgan fingerprint density at radius 1 is 1.05 bits per heavy atom. The van der Waals surface area contributed by atoms with Gasteiger partial charge in [0.1, 0.15) is 17.3 Å². The van der Waals surface area contributed by atoms with E-state index >= 15 is 4.39 Å². The Kier molecular flexibility index (Phi) is 18.4. The third-order valence-corrected chi connectivity index (χ3v) is 8.30. The van der Waals surface area contributed by atoms with Gasteiger partial charge in [0.2, 0.25) is 0 Å².